The van der Waals surface area contributed by atoms with Crippen LogP contribution in [-0.2, 0) is 4.79 Å². The number of hydrogen-bond acceptors (Lipinski definition) is 4. The molecular formula is C14H21N3O2. The molecule has 2 atom stereocenters. The Balaban J connectivity index is 1.55. The molecule has 1 amide bonds. The van der Waals surface area contributed by atoms with Crippen LogP contribution in [0.15, 0.2) is 4.52 Å². The molecule has 1 aromatic heterocycles. The third-order valence-electron chi connectivity index (χ3n) is 4.45. The van der Waals surface area contributed by atoms with Crippen molar-refractivity contribution in [3.05, 3.63) is 11.3 Å². The van der Waals surface area contributed by atoms with Gasteiger partial charge in [-0.3, -0.25) is 10.1 Å². The van der Waals surface area contributed by atoms with Crippen molar-refractivity contribution in [3.63, 3.8) is 0 Å². The molecule has 2 bridgehead atoms. The van der Waals surface area contributed by atoms with Crippen molar-refractivity contribution >= 4 is 11.8 Å². The minimum Gasteiger partial charge on any atom is -0.338 e. The van der Waals surface area contributed by atoms with E-state index < -0.39 is 0 Å². The van der Waals surface area contributed by atoms with Gasteiger partial charge in [-0.05, 0) is 45.4 Å². The van der Waals surface area contributed by atoms with E-state index in [9.17, 15) is 4.79 Å². The van der Waals surface area contributed by atoms with Gasteiger partial charge in [-0.2, -0.15) is 0 Å². The quantitative estimate of drug-likeness (QED) is 0.877. The van der Waals surface area contributed by atoms with E-state index in [1.807, 2.05) is 13.8 Å². The van der Waals surface area contributed by atoms with Crippen molar-refractivity contribution < 1.29 is 9.32 Å². The van der Waals surface area contributed by atoms with Crippen molar-refractivity contribution in [2.24, 2.45) is 5.92 Å². The van der Waals surface area contributed by atoms with Crippen LogP contribution in [0, 0.1) is 19.8 Å². The van der Waals surface area contributed by atoms with Gasteiger partial charge in [-0.15, -0.1) is 0 Å². The highest BCUT2D eigenvalue weighted by molar-refractivity contribution is 5.90. The van der Waals surface area contributed by atoms with Crippen LogP contribution in [0.1, 0.15) is 43.4 Å². The first-order valence-corrected chi connectivity index (χ1v) is 7.10. The first kappa shape index (κ1) is 12.7. The number of aromatic nitrogens is 1. The zero-order valence-electron chi connectivity index (χ0n) is 11.5. The number of carbonyl (C=O) groups excluding carboxylic acids is 1. The summed E-state index contributed by atoms with van der Waals surface area (Å²) in [6.07, 6.45) is 5.37. The van der Waals surface area contributed by atoms with Crippen LogP contribution in [0.3, 0.4) is 0 Å². The third kappa shape index (κ3) is 2.66. The van der Waals surface area contributed by atoms with Crippen molar-refractivity contribution in [1.82, 2.24) is 10.5 Å². The summed E-state index contributed by atoms with van der Waals surface area (Å²) in [5.41, 5.74) is 1.74. The number of anilines is 1. The summed E-state index contributed by atoms with van der Waals surface area (Å²) in [7, 11) is 0. The molecule has 0 aliphatic carbocycles. The van der Waals surface area contributed by atoms with Crippen molar-refractivity contribution in [2.75, 3.05) is 5.32 Å². The van der Waals surface area contributed by atoms with Gasteiger partial charge in [0.1, 0.15) is 0 Å². The Labute approximate surface area is 113 Å². The van der Waals surface area contributed by atoms with Crippen LogP contribution >= 0.6 is 0 Å². The predicted octanol–water partition coefficient (Wildman–Crippen LogP) is 2.15. The number of aryl methyl sites for hydroxylation is 1. The fraction of sp³-hybridized carbons (Fsp3) is 0.714. The minimum atomic E-state index is 0.0468. The van der Waals surface area contributed by atoms with Crippen molar-refractivity contribution in [3.8, 4) is 0 Å². The molecule has 0 saturated carbocycles. The van der Waals surface area contributed by atoms with E-state index in [0.29, 0.717) is 30.3 Å². The maximum absolute atomic E-state index is 12.1. The molecule has 19 heavy (non-hydrogen) atoms. The Bertz CT molecular complexity index is 471. The fourth-order valence-corrected chi connectivity index (χ4v) is 3.31. The maximum Gasteiger partial charge on any atom is 0.234 e. The Hall–Kier alpha value is -1.36. The number of rotatable bonds is 3. The fourth-order valence-electron chi connectivity index (χ4n) is 3.31. The summed E-state index contributed by atoms with van der Waals surface area (Å²) in [6, 6.07) is 1.26. The molecule has 2 saturated heterocycles. The normalized spacial score (nSPS) is 29.5. The van der Waals surface area contributed by atoms with E-state index >= 15 is 0 Å². The highest BCUT2D eigenvalue weighted by atomic mass is 16.5. The Kier molecular flexibility index (Phi) is 3.31. The summed E-state index contributed by atoms with van der Waals surface area (Å²) < 4.78 is 5.12. The molecule has 2 aliphatic heterocycles. The maximum atomic E-state index is 12.1. The second-order valence-corrected chi connectivity index (χ2v) is 5.95. The average molecular weight is 263 g/mol. The van der Waals surface area contributed by atoms with Gasteiger partial charge in [-0.1, -0.05) is 5.16 Å². The molecule has 2 fully saturated rings. The van der Waals surface area contributed by atoms with Crippen molar-refractivity contribution in [2.45, 2.75) is 58.0 Å². The van der Waals surface area contributed by atoms with Gasteiger partial charge in [0.2, 0.25) is 11.8 Å². The van der Waals surface area contributed by atoms with E-state index in [1.165, 1.54) is 12.8 Å². The second kappa shape index (κ2) is 4.96. The van der Waals surface area contributed by atoms with E-state index in [0.717, 1.165) is 24.1 Å². The monoisotopic (exact) mass is 263 g/mol. The molecule has 2 N–H and O–H groups in total. The van der Waals surface area contributed by atoms with E-state index in [1.54, 1.807) is 0 Å². The molecule has 5 nitrogen and oxygen atoms in total. The molecule has 1 aromatic rings. The zero-order valence-corrected chi connectivity index (χ0v) is 11.5. The van der Waals surface area contributed by atoms with Crippen LogP contribution in [0.5, 0.6) is 0 Å². The van der Waals surface area contributed by atoms with Crippen LogP contribution in [-0.4, -0.2) is 23.1 Å². The Morgan fingerprint density at radius 3 is 2.63 bits per heavy atom. The SMILES string of the molecule is Cc1noc(NC(=O)CC2CC3CCC(C2)N3)c1C. The predicted molar refractivity (Wildman–Crippen MR) is 71.9 cm³/mol. The number of amides is 1. The lowest BCUT2D eigenvalue weighted by Crippen LogP contribution is -2.39. The number of fused-ring (bicyclic) bond motifs is 2. The Morgan fingerprint density at radius 1 is 1.37 bits per heavy atom. The molecule has 0 aromatic carbocycles. The molecule has 2 unspecified atom stereocenters. The summed E-state index contributed by atoms with van der Waals surface area (Å²) in [5, 5.41) is 10.3. The van der Waals surface area contributed by atoms with Crippen LogP contribution in [0.4, 0.5) is 5.88 Å². The van der Waals surface area contributed by atoms with Crippen LogP contribution in [0.25, 0.3) is 0 Å². The molecular weight excluding hydrogens is 242 g/mol. The first-order valence-electron chi connectivity index (χ1n) is 7.10. The summed E-state index contributed by atoms with van der Waals surface area (Å²) in [4.78, 5) is 12.1. The molecule has 3 rings (SSSR count). The van der Waals surface area contributed by atoms with Gasteiger partial charge < -0.3 is 9.84 Å². The minimum absolute atomic E-state index is 0.0468. The number of carbonyl (C=O) groups is 1. The lowest BCUT2D eigenvalue weighted by molar-refractivity contribution is -0.117. The highest BCUT2D eigenvalue weighted by Crippen LogP contribution is 2.32. The molecule has 5 heteroatoms. The largest absolute Gasteiger partial charge is 0.338 e. The number of hydrogen-bond donors (Lipinski definition) is 2. The second-order valence-electron chi connectivity index (χ2n) is 5.95. The average Bonchev–Trinajstić information content (AvgIpc) is 2.86. The van der Waals surface area contributed by atoms with Gasteiger partial charge in [0, 0.05) is 24.1 Å². The molecule has 2 aliphatic rings. The van der Waals surface area contributed by atoms with Gasteiger partial charge in [0.15, 0.2) is 0 Å². The molecule has 0 radical (unpaired) electrons. The van der Waals surface area contributed by atoms with Crippen molar-refractivity contribution in [1.29, 1.82) is 0 Å². The summed E-state index contributed by atoms with van der Waals surface area (Å²) >= 11 is 0. The lowest BCUT2D eigenvalue weighted by atomic mass is 9.89. The molecule has 0 spiro atoms. The third-order valence-corrected chi connectivity index (χ3v) is 4.45. The van der Waals surface area contributed by atoms with Gasteiger partial charge in [-0.25, -0.2) is 0 Å². The summed E-state index contributed by atoms with van der Waals surface area (Å²) in [5.74, 6) is 1.05. The van der Waals surface area contributed by atoms with Gasteiger partial charge in [0.05, 0.1) is 5.69 Å². The smallest absolute Gasteiger partial charge is 0.234 e. The van der Waals surface area contributed by atoms with Gasteiger partial charge in [0.25, 0.3) is 0 Å². The van der Waals surface area contributed by atoms with E-state index in [2.05, 4.69) is 15.8 Å². The zero-order chi connectivity index (χ0) is 13.4. The number of nitrogens with one attached hydrogen (secondary N) is 2. The number of piperidine rings is 1. The molecule has 3 heterocycles. The molecule has 104 valence electrons. The first-order chi connectivity index (χ1) is 9.11. The van der Waals surface area contributed by atoms with Gasteiger partial charge >= 0.3 is 0 Å². The lowest BCUT2D eigenvalue weighted by Gasteiger charge is -2.28. The standard InChI is InChI=1S/C14H21N3O2/c1-8-9(2)17-19-14(8)16-13(18)7-10-5-11-3-4-12(6-10)15-11/h10-12,15H,3-7H2,1-2H3,(H,16,18). The van der Waals surface area contributed by atoms with Crippen LogP contribution < -0.4 is 10.6 Å². The number of nitrogens with zero attached hydrogens (tertiary/aromatic N) is 1. The van der Waals surface area contributed by atoms with Crippen LogP contribution in [0.2, 0.25) is 0 Å². The topological polar surface area (TPSA) is 67.2 Å². The van der Waals surface area contributed by atoms with E-state index in [4.69, 9.17) is 4.52 Å². The van der Waals surface area contributed by atoms with E-state index in [-0.39, 0.29) is 5.91 Å². The highest BCUT2D eigenvalue weighted by Gasteiger charge is 2.34. The Morgan fingerprint density at radius 2 is 2.05 bits per heavy atom. The summed E-state index contributed by atoms with van der Waals surface area (Å²) in [6.45, 7) is 3.78.